The molecule has 3 aliphatic heterocycles. The van der Waals surface area contributed by atoms with Crippen molar-refractivity contribution in [1.82, 2.24) is 0 Å². The Morgan fingerprint density at radius 3 is 2.11 bits per heavy atom. The Morgan fingerprint density at radius 2 is 1.42 bits per heavy atom. The quantitative estimate of drug-likeness (QED) is 0.178. The van der Waals surface area contributed by atoms with Crippen LogP contribution in [0.1, 0.15) is 99.6 Å². The van der Waals surface area contributed by atoms with Crippen molar-refractivity contribution in [2.24, 2.45) is 23.7 Å². The van der Waals surface area contributed by atoms with Crippen LogP contribution in [0, 0.1) is 30.6 Å². The molecule has 5 aromatic carbocycles. The Kier molecular flexibility index (Phi) is 8.30. The van der Waals surface area contributed by atoms with Gasteiger partial charge < -0.3 is 19.1 Å². The van der Waals surface area contributed by atoms with Crippen molar-refractivity contribution in [3.63, 3.8) is 0 Å². The number of anilines is 1. The summed E-state index contributed by atoms with van der Waals surface area (Å²) < 4.78 is 20.8. The molecule has 1 saturated heterocycles. The summed E-state index contributed by atoms with van der Waals surface area (Å²) in [6.45, 7) is 14.8. The van der Waals surface area contributed by atoms with Crippen LogP contribution in [-0.2, 0) is 15.8 Å². The van der Waals surface area contributed by atoms with Crippen LogP contribution >= 0.6 is 11.8 Å². The molecule has 0 aromatic heterocycles. The van der Waals surface area contributed by atoms with Gasteiger partial charge in [0.2, 0.25) is 0 Å². The van der Waals surface area contributed by atoms with E-state index in [1.54, 1.807) is 0 Å². The predicted molar refractivity (Wildman–Crippen MR) is 235 cm³/mol. The standard InChI is InChI=1S/C52H55NO3S/c1-32(2)52(33(3)4)55-45-28-42-43(29-46(45)57-52)49-41(48-47(42)40-12-8-9-13-44(40)50(48)30-35-10-6-7-11-36(35)31-50)22-23-51(56-49,37-16-14-34(5)15-17-37)38-18-20-39(21-19-38)53-24-26-54-27-25-53/h8-9,12-23,28-29,32-33,35-36H,6-7,10-11,24-27,30-31H2,1-5H3. The first-order valence-electron chi connectivity index (χ1n) is 21.8. The number of benzene rings is 5. The minimum Gasteiger partial charge on any atom is -0.475 e. The van der Waals surface area contributed by atoms with Crippen molar-refractivity contribution in [2.75, 3.05) is 31.2 Å². The van der Waals surface area contributed by atoms with Gasteiger partial charge in [-0.15, -0.1) is 0 Å². The number of rotatable bonds is 5. The lowest BCUT2D eigenvalue weighted by molar-refractivity contribution is 0.0757. The summed E-state index contributed by atoms with van der Waals surface area (Å²) in [6.07, 6.45) is 12.8. The first-order valence-corrected chi connectivity index (χ1v) is 22.6. The first kappa shape index (κ1) is 35.9. The van der Waals surface area contributed by atoms with Gasteiger partial charge in [-0.1, -0.05) is 137 Å². The van der Waals surface area contributed by atoms with Gasteiger partial charge >= 0.3 is 0 Å². The fourth-order valence-electron chi connectivity index (χ4n) is 12.1. The summed E-state index contributed by atoms with van der Waals surface area (Å²) in [5.41, 5.74) is 11.0. The van der Waals surface area contributed by atoms with E-state index in [0.29, 0.717) is 11.8 Å². The van der Waals surface area contributed by atoms with E-state index in [9.17, 15) is 0 Å². The van der Waals surface area contributed by atoms with Crippen LogP contribution in [-0.4, -0.2) is 31.2 Å². The van der Waals surface area contributed by atoms with Crippen LogP contribution < -0.4 is 14.4 Å². The van der Waals surface area contributed by atoms with Crippen molar-refractivity contribution in [2.45, 2.75) is 94.0 Å². The number of fused-ring (bicyclic) bond motifs is 12. The molecule has 2 saturated carbocycles. The van der Waals surface area contributed by atoms with Gasteiger partial charge in [-0.3, -0.25) is 0 Å². The highest BCUT2D eigenvalue weighted by Crippen LogP contribution is 2.67. The zero-order valence-electron chi connectivity index (χ0n) is 34.2. The van der Waals surface area contributed by atoms with Gasteiger partial charge in [-0.2, -0.15) is 0 Å². The smallest absolute Gasteiger partial charge is 0.178 e. The van der Waals surface area contributed by atoms with E-state index in [-0.39, 0.29) is 10.3 Å². The van der Waals surface area contributed by atoms with Gasteiger partial charge in [-0.25, -0.2) is 0 Å². The molecule has 292 valence electrons. The van der Waals surface area contributed by atoms with Crippen LogP contribution in [0.15, 0.2) is 95.9 Å². The molecule has 5 heteroatoms. The lowest BCUT2D eigenvalue weighted by atomic mass is 9.72. The number of hydrogen-bond donors (Lipinski definition) is 0. The molecule has 3 heterocycles. The summed E-state index contributed by atoms with van der Waals surface area (Å²) in [4.78, 5) is 3.33. The van der Waals surface area contributed by atoms with Gasteiger partial charge in [0.25, 0.3) is 0 Å². The number of hydrogen-bond acceptors (Lipinski definition) is 5. The summed E-state index contributed by atoms with van der Waals surface area (Å²) in [5.74, 6) is 4.26. The van der Waals surface area contributed by atoms with Crippen LogP contribution in [0.5, 0.6) is 11.5 Å². The van der Waals surface area contributed by atoms with Crippen LogP contribution in [0.3, 0.4) is 0 Å². The third-order valence-corrected chi connectivity index (χ3v) is 16.8. The topological polar surface area (TPSA) is 30.9 Å². The van der Waals surface area contributed by atoms with E-state index >= 15 is 0 Å². The molecule has 3 unspecified atom stereocenters. The molecule has 5 aromatic rings. The van der Waals surface area contributed by atoms with Crippen LogP contribution in [0.25, 0.3) is 28.0 Å². The molecular formula is C52H55NO3S. The normalized spacial score (nSPS) is 26.6. The second-order valence-corrected chi connectivity index (χ2v) is 19.9. The molecular weight excluding hydrogens is 719 g/mol. The third-order valence-electron chi connectivity index (χ3n) is 14.9. The molecule has 3 atom stereocenters. The number of ether oxygens (including phenoxy) is 3. The second kappa shape index (κ2) is 13.2. The Morgan fingerprint density at radius 1 is 0.754 bits per heavy atom. The average molecular weight is 774 g/mol. The van der Waals surface area contributed by atoms with E-state index in [1.165, 1.54) is 93.3 Å². The average Bonchev–Trinajstić information content (AvgIpc) is 3.91. The highest BCUT2D eigenvalue weighted by atomic mass is 32.2. The molecule has 4 nitrogen and oxygen atoms in total. The summed E-state index contributed by atoms with van der Waals surface area (Å²) >= 11 is 1.92. The summed E-state index contributed by atoms with van der Waals surface area (Å²) in [6, 6.07) is 32.5. The zero-order chi connectivity index (χ0) is 38.7. The Labute approximate surface area is 343 Å². The molecule has 0 bridgehead atoms. The fraction of sp³-hybridized carbons (Fsp3) is 0.423. The maximum Gasteiger partial charge on any atom is 0.178 e. The van der Waals surface area contributed by atoms with Gasteiger partial charge in [0.1, 0.15) is 11.5 Å². The lowest BCUT2D eigenvalue weighted by Crippen LogP contribution is -2.40. The van der Waals surface area contributed by atoms with E-state index in [2.05, 4.69) is 137 Å². The van der Waals surface area contributed by atoms with Crippen LogP contribution in [0.4, 0.5) is 5.69 Å². The Hall–Kier alpha value is -4.19. The minimum absolute atomic E-state index is 0.0323. The summed E-state index contributed by atoms with van der Waals surface area (Å²) in [7, 11) is 0. The molecule has 11 rings (SSSR count). The highest BCUT2D eigenvalue weighted by molar-refractivity contribution is 8.01. The van der Waals surface area contributed by atoms with Gasteiger partial charge in [0.05, 0.1) is 18.1 Å². The maximum absolute atomic E-state index is 7.91. The van der Waals surface area contributed by atoms with Gasteiger partial charge in [-0.05, 0) is 89.6 Å². The Bertz CT molecular complexity index is 2400. The first-order chi connectivity index (χ1) is 27.7. The lowest BCUT2D eigenvalue weighted by Gasteiger charge is -2.39. The van der Waals surface area contributed by atoms with E-state index in [1.807, 2.05) is 11.8 Å². The number of nitrogens with zero attached hydrogens (tertiary/aromatic N) is 1. The fourth-order valence-corrected chi connectivity index (χ4v) is 13.4. The number of morpholine rings is 1. The monoisotopic (exact) mass is 773 g/mol. The third kappa shape index (κ3) is 5.23. The van der Waals surface area contributed by atoms with Gasteiger partial charge in [0.15, 0.2) is 10.5 Å². The van der Waals surface area contributed by atoms with E-state index < -0.39 is 5.60 Å². The summed E-state index contributed by atoms with van der Waals surface area (Å²) in [5, 5.41) is 2.45. The number of thioether (sulfide) groups is 1. The second-order valence-electron chi connectivity index (χ2n) is 18.6. The van der Waals surface area contributed by atoms with Crippen molar-refractivity contribution in [3.05, 3.63) is 124 Å². The highest BCUT2D eigenvalue weighted by Gasteiger charge is 2.55. The molecule has 1 spiro atoms. The molecule has 3 fully saturated rings. The molecule has 0 N–H and O–H groups in total. The molecule has 0 radical (unpaired) electrons. The zero-order valence-corrected chi connectivity index (χ0v) is 35.0. The SMILES string of the molecule is Cc1ccc(C2(c3ccc(N4CCOCC4)cc3)C=Cc3c4c(c5cc6c(cc5c3O2)SC(C(C)C)(C(C)C)O6)-c2ccccc2C42CC3CCCCC3C2)cc1. The minimum atomic E-state index is -0.810. The largest absolute Gasteiger partial charge is 0.475 e. The van der Waals surface area contributed by atoms with Crippen molar-refractivity contribution in [1.29, 1.82) is 0 Å². The van der Waals surface area contributed by atoms with Crippen LogP contribution in [0.2, 0.25) is 0 Å². The Balaban J connectivity index is 1.17. The molecule has 3 aliphatic carbocycles. The van der Waals surface area contributed by atoms with Crippen molar-refractivity contribution < 1.29 is 14.2 Å². The molecule has 0 amide bonds. The molecule has 57 heavy (non-hydrogen) atoms. The van der Waals surface area contributed by atoms with E-state index in [4.69, 9.17) is 14.2 Å². The maximum atomic E-state index is 7.91. The van der Waals surface area contributed by atoms with E-state index in [0.717, 1.165) is 60.8 Å². The van der Waals surface area contributed by atoms with Gasteiger partial charge in [0, 0.05) is 58.1 Å². The molecule has 6 aliphatic rings. The predicted octanol–water partition coefficient (Wildman–Crippen LogP) is 12.7. The number of aryl methyl sites for hydroxylation is 1. The van der Waals surface area contributed by atoms with Crippen molar-refractivity contribution in [3.8, 4) is 22.6 Å². The van der Waals surface area contributed by atoms with Crippen molar-refractivity contribution >= 4 is 34.3 Å².